The third-order valence-corrected chi connectivity index (χ3v) is 9.72. The van der Waals surface area contributed by atoms with Gasteiger partial charge in [-0.3, -0.25) is 14.9 Å². The number of rotatable bonds is 7. The number of anilines is 1. The number of fused-ring (bicyclic) bond motifs is 1. The first-order valence-corrected chi connectivity index (χ1v) is 15.3. The summed E-state index contributed by atoms with van der Waals surface area (Å²) in [6.45, 7) is 8.82. The van der Waals surface area contributed by atoms with Gasteiger partial charge < -0.3 is 5.32 Å². The fourth-order valence-corrected chi connectivity index (χ4v) is 7.23. The highest BCUT2D eigenvalue weighted by atomic mass is 32.2. The molecule has 1 aliphatic rings. The predicted octanol–water partition coefficient (Wildman–Crippen LogP) is 9.27. The fourth-order valence-electron chi connectivity index (χ4n) is 5.06. The van der Waals surface area contributed by atoms with Gasteiger partial charge in [-0.15, -0.1) is 11.3 Å². The Kier molecular flexibility index (Phi) is 8.42. The summed E-state index contributed by atoms with van der Waals surface area (Å²) in [5, 5.41) is 15.6. The van der Waals surface area contributed by atoms with E-state index in [9.17, 15) is 14.9 Å². The Balaban J connectivity index is 1.47. The number of nitrogens with zero attached hydrogens (tertiary/aromatic N) is 2. The van der Waals surface area contributed by atoms with Gasteiger partial charge in [-0.05, 0) is 79.0 Å². The minimum atomic E-state index is -0.358. The van der Waals surface area contributed by atoms with Crippen molar-refractivity contribution in [3.63, 3.8) is 0 Å². The van der Waals surface area contributed by atoms with E-state index in [0.717, 1.165) is 41.0 Å². The zero-order valence-corrected chi connectivity index (χ0v) is 25.3. The second-order valence-corrected chi connectivity index (χ2v) is 13.7. The van der Waals surface area contributed by atoms with E-state index >= 15 is 0 Å². The molecule has 41 heavy (non-hydrogen) atoms. The Morgan fingerprint density at radius 1 is 1.10 bits per heavy atom. The van der Waals surface area contributed by atoms with E-state index in [2.05, 4.69) is 26.1 Å². The van der Waals surface area contributed by atoms with Crippen molar-refractivity contribution in [1.29, 1.82) is 0 Å². The van der Waals surface area contributed by atoms with Crippen molar-refractivity contribution in [2.45, 2.75) is 56.7 Å². The summed E-state index contributed by atoms with van der Waals surface area (Å²) >= 11 is 2.92. The average Bonchev–Trinajstić information content (AvgIpc) is 3.31. The van der Waals surface area contributed by atoms with Crippen molar-refractivity contribution in [2.24, 2.45) is 16.3 Å². The van der Waals surface area contributed by atoms with Gasteiger partial charge in [0.1, 0.15) is 5.00 Å². The maximum atomic E-state index is 13.6. The molecule has 1 aliphatic carbocycles. The lowest BCUT2D eigenvalue weighted by molar-refractivity contribution is -0.387. The molecule has 8 heteroatoms. The summed E-state index contributed by atoms with van der Waals surface area (Å²) in [7, 11) is 0. The molecule has 0 spiro atoms. The molecule has 3 aromatic carbocycles. The molecule has 6 nitrogen and oxygen atoms in total. The quantitative estimate of drug-likeness (QED) is 0.133. The number of nitrogens with one attached hydrogen (secondary N) is 1. The van der Waals surface area contributed by atoms with E-state index in [-0.39, 0.29) is 21.9 Å². The van der Waals surface area contributed by atoms with Crippen LogP contribution in [-0.4, -0.2) is 17.0 Å². The normalized spacial score (nSPS) is 15.1. The van der Waals surface area contributed by atoms with Gasteiger partial charge in [-0.1, -0.05) is 74.5 Å². The van der Waals surface area contributed by atoms with Gasteiger partial charge >= 0.3 is 0 Å². The average molecular weight is 584 g/mol. The third-order valence-electron chi connectivity index (χ3n) is 7.49. The van der Waals surface area contributed by atoms with Crippen LogP contribution in [0.3, 0.4) is 0 Å². The van der Waals surface area contributed by atoms with Crippen molar-refractivity contribution in [1.82, 2.24) is 0 Å². The van der Waals surface area contributed by atoms with Crippen molar-refractivity contribution in [3.05, 3.63) is 110 Å². The molecule has 0 bridgehead atoms. The van der Waals surface area contributed by atoms with E-state index in [0.29, 0.717) is 26.9 Å². The lowest BCUT2D eigenvalue weighted by atomic mass is 9.72. The molecule has 0 radical (unpaired) electrons. The number of hydrogen-bond acceptors (Lipinski definition) is 6. The summed E-state index contributed by atoms with van der Waals surface area (Å²) in [6, 6.07) is 22.5. The smallest absolute Gasteiger partial charge is 0.283 e. The van der Waals surface area contributed by atoms with E-state index in [1.807, 2.05) is 67.6 Å². The van der Waals surface area contributed by atoms with Crippen molar-refractivity contribution >= 4 is 51.6 Å². The van der Waals surface area contributed by atoms with Crippen LogP contribution in [0.25, 0.3) is 0 Å². The first-order valence-electron chi connectivity index (χ1n) is 13.7. The second-order valence-electron chi connectivity index (χ2n) is 11.5. The monoisotopic (exact) mass is 583 g/mol. The SMILES string of the molecule is Cc1ccc(Sc2ccc(C=Nc3sc4c(c3C(=O)Nc3ccccc3)CC[C@H](C(C)(C)C)C4)cc2[N+](=O)[O-])cc1. The molecule has 0 saturated carbocycles. The van der Waals surface area contributed by atoms with Crippen LogP contribution in [0.4, 0.5) is 16.4 Å². The molecular weight excluding hydrogens is 551 g/mol. The number of para-hydroxylation sites is 1. The predicted molar refractivity (Wildman–Crippen MR) is 169 cm³/mol. The number of aliphatic imine (C=N–C) groups is 1. The van der Waals surface area contributed by atoms with E-state index < -0.39 is 0 Å². The van der Waals surface area contributed by atoms with Gasteiger partial charge in [-0.25, -0.2) is 4.99 Å². The summed E-state index contributed by atoms with van der Waals surface area (Å²) in [5.74, 6) is 0.350. The van der Waals surface area contributed by atoms with Gasteiger partial charge in [0.2, 0.25) is 0 Å². The molecule has 1 aromatic heterocycles. The summed E-state index contributed by atoms with van der Waals surface area (Å²) in [5.41, 5.74) is 4.36. The molecule has 5 rings (SSSR count). The molecule has 4 aromatic rings. The summed E-state index contributed by atoms with van der Waals surface area (Å²) in [6.07, 6.45) is 4.40. The number of nitro benzene ring substituents is 1. The standard InChI is InChI=1S/C33H33N3O3S2/c1-21-10-14-25(15-11-21)40-28-17-12-22(18-27(28)36(38)39)20-34-32-30(31(37)35-24-8-6-5-7-9-24)26-16-13-23(33(2,3)4)19-29(26)41-32/h5-12,14-15,17-18,20,23H,13,16,19H2,1-4H3,(H,35,37)/t23-/m0/s1. The maximum absolute atomic E-state index is 13.6. The van der Waals surface area contributed by atoms with Gasteiger partial charge in [0, 0.05) is 27.7 Å². The highest BCUT2D eigenvalue weighted by Crippen LogP contribution is 2.45. The van der Waals surface area contributed by atoms with Crippen molar-refractivity contribution in [2.75, 3.05) is 5.32 Å². The summed E-state index contributed by atoms with van der Waals surface area (Å²) in [4.78, 5) is 32.6. The van der Waals surface area contributed by atoms with Gasteiger partial charge in [0.25, 0.3) is 11.6 Å². The van der Waals surface area contributed by atoms with Crippen LogP contribution in [0, 0.1) is 28.4 Å². The van der Waals surface area contributed by atoms with E-state index in [4.69, 9.17) is 4.99 Å². The minimum absolute atomic E-state index is 0.0278. The first kappa shape index (κ1) is 28.8. The Bertz CT molecular complexity index is 1600. The molecule has 0 fully saturated rings. The lowest BCUT2D eigenvalue weighted by Gasteiger charge is -2.33. The maximum Gasteiger partial charge on any atom is 0.283 e. The molecule has 1 atom stereocenters. The van der Waals surface area contributed by atoms with Crippen LogP contribution >= 0.6 is 23.1 Å². The lowest BCUT2D eigenvalue weighted by Crippen LogP contribution is -2.27. The molecule has 0 unspecified atom stereocenters. The van der Waals surface area contributed by atoms with E-state index in [1.54, 1.807) is 29.7 Å². The van der Waals surface area contributed by atoms with Crippen LogP contribution in [0.2, 0.25) is 0 Å². The molecule has 0 saturated heterocycles. The number of amides is 1. The number of carbonyl (C=O) groups excluding carboxylic acids is 1. The number of thiophene rings is 1. The molecular formula is C33H33N3O3S2. The fraction of sp³-hybridized carbons (Fsp3) is 0.273. The van der Waals surface area contributed by atoms with Crippen molar-refractivity contribution in [3.8, 4) is 0 Å². The number of benzene rings is 3. The number of carbonyl (C=O) groups is 1. The van der Waals surface area contributed by atoms with Crippen LogP contribution in [0.1, 0.15) is 59.1 Å². The number of hydrogen-bond donors (Lipinski definition) is 1. The van der Waals surface area contributed by atoms with Crippen molar-refractivity contribution < 1.29 is 9.72 Å². The van der Waals surface area contributed by atoms with Crippen LogP contribution in [0.15, 0.2) is 87.6 Å². The first-order chi connectivity index (χ1) is 19.6. The molecule has 1 N–H and O–H groups in total. The van der Waals surface area contributed by atoms with Crippen LogP contribution in [0.5, 0.6) is 0 Å². The zero-order chi connectivity index (χ0) is 29.1. The molecule has 0 aliphatic heterocycles. The Morgan fingerprint density at radius 2 is 1.83 bits per heavy atom. The minimum Gasteiger partial charge on any atom is -0.322 e. The zero-order valence-electron chi connectivity index (χ0n) is 23.6. The van der Waals surface area contributed by atoms with Crippen LogP contribution in [-0.2, 0) is 12.8 Å². The number of aryl methyl sites for hydroxylation is 1. The highest BCUT2D eigenvalue weighted by molar-refractivity contribution is 7.99. The molecule has 1 amide bonds. The van der Waals surface area contributed by atoms with Gasteiger partial charge in [-0.2, -0.15) is 0 Å². The van der Waals surface area contributed by atoms with E-state index in [1.165, 1.54) is 16.6 Å². The van der Waals surface area contributed by atoms with Gasteiger partial charge in [0.05, 0.1) is 15.4 Å². The van der Waals surface area contributed by atoms with Gasteiger partial charge in [0.15, 0.2) is 0 Å². The Hall–Kier alpha value is -3.75. The Morgan fingerprint density at radius 3 is 2.51 bits per heavy atom. The molecule has 1 heterocycles. The molecule has 210 valence electrons. The second kappa shape index (κ2) is 12.0. The third kappa shape index (κ3) is 6.77. The summed E-state index contributed by atoms with van der Waals surface area (Å²) < 4.78 is 0. The number of nitro groups is 1. The van der Waals surface area contributed by atoms with Crippen LogP contribution < -0.4 is 5.32 Å². The highest BCUT2D eigenvalue weighted by Gasteiger charge is 2.33. The largest absolute Gasteiger partial charge is 0.322 e. The Labute approximate surface area is 249 Å². The topological polar surface area (TPSA) is 84.6 Å².